The highest BCUT2D eigenvalue weighted by atomic mass is 19.4. The number of carboxylic acids is 1. The molecule has 2 unspecified atom stereocenters. The molecule has 13 heavy (non-hydrogen) atoms. The van der Waals surface area contributed by atoms with Crippen LogP contribution in [0, 0.1) is 5.92 Å². The van der Waals surface area contributed by atoms with E-state index in [-0.39, 0.29) is 6.42 Å². The number of carbonyl (C=O) groups is 1. The minimum absolute atomic E-state index is 0.176. The second-order valence-electron chi connectivity index (χ2n) is 2.91. The van der Waals surface area contributed by atoms with Crippen molar-refractivity contribution in [3.63, 3.8) is 0 Å². The van der Waals surface area contributed by atoms with Gasteiger partial charge in [-0.25, -0.2) is 0 Å². The maximum atomic E-state index is 12.1. The Kier molecular flexibility index (Phi) is 2.34. The van der Waals surface area contributed by atoms with E-state index in [0.29, 0.717) is 6.08 Å². The van der Waals surface area contributed by atoms with Gasteiger partial charge in [-0.05, 0) is 6.42 Å². The van der Waals surface area contributed by atoms with Gasteiger partial charge in [0.05, 0.1) is 5.92 Å². The van der Waals surface area contributed by atoms with E-state index in [2.05, 4.69) is 0 Å². The molecule has 0 heterocycles. The van der Waals surface area contributed by atoms with Crippen molar-refractivity contribution in [3.05, 3.63) is 11.6 Å². The SMILES string of the molecule is NC1CC(C(=O)O)C=C1C(F)(F)F. The van der Waals surface area contributed by atoms with Gasteiger partial charge >= 0.3 is 12.1 Å². The predicted molar refractivity (Wildman–Crippen MR) is 37.9 cm³/mol. The van der Waals surface area contributed by atoms with Gasteiger partial charge in [0.15, 0.2) is 0 Å². The summed E-state index contributed by atoms with van der Waals surface area (Å²) in [6.07, 6.45) is -4.00. The molecule has 0 aromatic rings. The number of nitrogens with two attached hydrogens (primary N) is 1. The summed E-state index contributed by atoms with van der Waals surface area (Å²) in [5, 5.41) is 8.45. The molecule has 0 radical (unpaired) electrons. The van der Waals surface area contributed by atoms with Crippen LogP contribution in [-0.2, 0) is 4.79 Å². The first-order valence-corrected chi connectivity index (χ1v) is 3.59. The molecule has 0 aliphatic heterocycles. The number of hydrogen-bond acceptors (Lipinski definition) is 2. The van der Waals surface area contributed by atoms with Crippen molar-refractivity contribution in [3.8, 4) is 0 Å². The normalized spacial score (nSPS) is 28.8. The lowest BCUT2D eigenvalue weighted by Crippen LogP contribution is -2.28. The summed E-state index contributed by atoms with van der Waals surface area (Å²) in [5.41, 5.74) is 4.21. The monoisotopic (exact) mass is 195 g/mol. The van der Waals surface area contributed by atoms with Crippen LogP contribution in [0.1, 0.15) is 6.42 Å². The van der Waals surface area contributed by atoms with Gasteiger partial charge in [0, 0.05) is 11.6 Å². The van der Waals surface area contributed by atoms with Gasteiger partial charge < -0.3 is 10.8 Å². The molecule has 1 aliphatic carbocycles. The molecule has 3 N–H and O–H groups in total. The third kappa shape index (κ3) is 2.00. The van der Waals surface area contributed by atoms with Gasteiger partial charge in [-0.1, -0.05) is 6.08 Å². The van der Waals surface area contributed by atoms with Crippen molar-refractivity contribution < 1.29 is 23.1 Å². The average Bonchev–Trinajstić information content (AvgIpc) is 2.29. The first-order chi connectivity index (χ1) is 5.82. The Balaban J connectivity index is 2.86. The highest BCUT2D eigenvalue weighted by molar-refractivity contribution is 5.73. The van der Waals surface area contributed by atoms with Crippen LogP contribution >= 0.6 is 0 Å². The van der Waals surface area contributed by atoms with E-state index in [1.54, 1.807) is 0 Å². The molecule has 0 saturated carbocycles. The smallest absolute Gasteiger partial charge is 0.413 e. The summed E-state index contributed by atoms with van der Waals surface area (Å²) in [7, 11) is 0. The average molecular weight is 195 g/mol. The van der Waals surface area contributed by atoms with Gasteiger partial charge in [-0.3, -0.25) is 4.79 Å². The minimum atomic E-state index is -4.51. The molecule has 2 atom stereocenters. The van der Waals surface area contributed by atoms with E-state index in [9.17, 15) is 18.0 Å². The molecular formula is C7H8F3NO2. The van der Waals surface area contributed by atoms with E-state index < -0.39 is 29.7 Å². The van der Waals surface area contributed by atoms with Crippen LogP contribution in [-0.4, -0.2) is 23.3 Å². The summed E-state index contributed by atoms with van der Waals surface area (Å²) in [6.45, 7) is 0. The van der Waals surface area contributed by atoms with Gasteiger partial charge in [-0.15, -0.1) is 0 Å². The van der Waals surface area contributed by atoms with Crippen LogP contribution in [0.3, 0.4) is 0 Å². The lowest BCUT2D eigenvalue weighted by molar-refractivity contribution is -0.140. The number of aliphatic carboxylic acids is 1. The van der Waals surface area contributed by atoms with E-state index in [0.717, 1.165) is 0 Å². The van der Waals surface area contributed by atoms with Crippen molar-refractivity contribution in [2.45, 2.75) is 18.6 Å². The van der Waals surface area contributed by atoms with Gasteiger partial charge in [0.1, 0.15) is 0 Å². The summed E-state index contributed by atoms with van der Waals surface area (Å²) in [6, 6.07) is -1.21. The van der Waals surface area contributed by atoms with E-state index in [1.165, 1.54) is 0 Å². The van der Waals surface area contributed by atoms with Crippen LogP contribution in [0.25, 0.3) is 0 Å². The lowest BCUT2D eigenvalue weighted by Gasteiger charge is -2.12. The van der Waals surface area contributed by atoms with E-state index >= 15 is 0 Å². The fourth-order valence-corrected chi connectivity index (χ4v) is 1.29. The Morgan fingerprint density at radius 1 is 1.62 bits per heavy atom. The summed E-state index contributed by atoms with van der Waals surface area (Å²) in [4.78, 5) is 10.4. The summed E-state index contributed by atoms with van der Waals surface area (Å²) >= 11 is 0. The minimum Gasteiger partial charge on any atom is -0.481 e. The molecule has 0 saturated heterocycles. The molecule has 3 nitrogen and oxygen atoms in total. The van der Waals surface area contributed by atoms with E-state index in [1.807, 2.05) is 0 Å². The Morgan fingerprint density at radius 3 is 2.38 bits per heavy atom. The molecule has 0 aromatic carbocycles. The Hall–Kier alpha value is -1.04. The molecular weight excluding hydrogens is 187 g/mol. The van der Waals surface area contributed by atoms with Gasteiger partial charge in [0.2, 0.25) is 0 Å². The Labute approximate surface area is 72.0 Å². The highest BCUT2D eigenvalue weighted by Gasteiger charge is 2.43. The van der Waals surface area contributed by atoms with Crippen molar-refractivity contribution in [2.75, 3.05) is 0 Å². The topological polar surface area (TPSA) is 63.3 Å². The zero-order valence-electron chi connectivity index (χ0n) is 6.51. The third-order valence-electron chi connectivity index (χ3n) is 1.93. The predicted octanol–water partition coefficient (Wildman–Crippen LogP) is 0.907. The molecule has 0 amide bonds. The lowest BCUT2D eigenvalue weighted by atomic mass is 10.1. The second-order valence-corrected chi connectivity index (χ2v) is 2.91. The first kappa shape index (κ1) is 10.0. The molecule has 74 valence electrons. The number of alkyl halides is 3. The maximum Gasteiger partial charge on any atom is 0.413 e. The molecule has 0 aromatic heterocycles. The fourth-order valence-electron chi connectivity index (χ4n) is 1.29. The summed E-state index contributed by atoms with van der Waals surface area (Å²) < 4.78 is 36.3. The fraction of sp³-hybridized carbons (Fsp3) is 0.571. The largest absolute Gasteiger partial charge is 0.481 e. The molecule has 0 spiro atoms. The van der Waals surface area contributed by atoms with E-state index in [4.69, 9.17) is 10.8 Å². The van der Waals surface area contributed by atoms with Crippen molar-refractivity contribution >= 4 is 5.97 Å². The second kappa shape index (κ2) is 3.02. The Bertz CT molecular complexity index is 259. The molecule has 1 aliphatic rings. The first-order valence-electron chi connectivity index (χ1n) is 3.59. The number of hydrogen-bond donors (Lipinski definition) is 2. The van der Waals surface area contributed by atoms with Crippen LogP contribution < -0.4 is 5.73 Å². The van der Waals surface area contributed by atoms with Crippen molar-refractivity contribution in [1.29, 1.82) is 0 Å². The number of rotatable bonds is 1. The highest BCUT2D eigenvalue weighted by Crippen LogP contribution is 2.35. The summed E-state index contributed by atoms with van der Waals surface area (Å²) in [5.74, 6) is -2.37. The van der Waals surface area contributed by atoms with Crippen LogP contribution in [0.2, 0.25) is 0 Å². The van der Waals surface area contributed by atoms with Crippen molar-refractivity contribution in [2.24, 2.45) is 11.7 Å². The Morgan fingerprint density at radius 2 is 2.15 bits per heavy atom. The quantitative estimate of drug-likeness (QED) is 0.611. The zero-order chi connectivity index (χ0) is 10.2. The molecule has 0 bridgehead atoms. The zero-order valence-corrected chi connectivity index (χ0v) is 6.51. The standard InChI is InChI=1S/C7H8F3NO2/c8-7(9,10)4-1-3(6(12)13)2-5(4)11/h1,3,5H,2,11H2,(H,12,13). The third-order valence-corrected chi connectivity index (χ3v) is 1.93. The van der Waals surface area contributed by atoms with Gasteiger partial charge in [0.25, 0.3) is 0 Å². The van der Waals surface area contributed by atoms with Gasteiger partial charge in [-0.2, -0.15) is 13.2 Å². The molecule has 1 rings (SSSR count). The number of halogens is 3. The van der Waals surface area contributed by atoms with Crippen LogP contribution in [0.15, 0.2) is 11.6 Å². The molecule has 0 fully saturated rings. The van der Waals surface area contributed by atoms with Crippen LogP contribution in [0.5, 0.6) is 0 Å². The number of carboxylic acid groups (broad SMARTS) is 1. The van der Waals surface area contributed by atoms with Crippen molar-refractivity contribution in [1.82, 2.24) is 0 Å². The molecule has 6 heteroatoms. The maximum absolute atomic E-state index is 12.1. The van der Waals surface area contributed by atoms with Crippen LogP contribution in [0.4, 0.5) is 13.2 Å².